The number of phenols is 1. The lowest BCUT2D eigenvalue weighted by Gasteiger charge is -2.12. The average molecular weight is 244 g/mol. The van der Waals surface area contributed by atoms with Crippen molar-refractivity contribution in [1.82, 2.24) is 10.3 Å². The minimum absolute atomic E-state index is 0.166. The summed E-state index contributed by atoms with van der Waals surface area (Å²) in [5.74, 6) is 0.166. The van der Waals surface area contributed by atoms with Crippen molar-refractivity contribution in [1.29, 1.82) is 0 Å². The lowest BCUT2D eigenvalue weighted by molar-refractivity contribution is 0.174. The van der Waals surface area contributed by atoms with E-state index in [-0.39, 0.29) is 5.75 Å². The molecule has 0 saturated carbocycles. The minimum Gasteiger partial charge on any atom is -0.508 e. The summed E-state index contributed by atoms with van der Waals surface area (Å²) in [6.45, 7) is 1.09. The van der Waals surface area contributed by atoms with Crippen molar-refractivity contribution in [3.05, 3.63) is 59.9 Å². The highest BCUT2D eigenvalue weighted by Gasteiger charge is 2.07. The first-order chi connectivity index (χ1) is 8.75. The van der Waals surface area contributed by atoms with Crippen molar-refractivity contribution in [3.63, 3.8) is 0 Å². The van der Waals surface area contributed by atoms with Crippen molar-refractivity contribution in [2.24, 2.45) is 0 Å². The van der Waals surface area contributed by atoms with Crippen molar-refractivity contribution >= 4 is 0 Å². The molecule has 3 N–H and O–H groups in total. The van der Waals surface area contributed by atoms with Gasteiger partial charge in [0.2, 0.25) is 0 Å². The first-order valence-electron chi connectivity index (χ1n) is 5.82. The van der Waals surface area contributed by atoms with Gasteiger partial charge in [0.05, 0.1) is 6.10 Å². The van der Waals surface area contributed by atoms with Crippen LogP contribution in [0.2, 0.25) is 0 Å². The fourth-order valence-corrected chi connectivity index (χ4v) is 1.71. The number of rotatable bonds is 5. The van der Waals surface area contributed by atoms with Gasteiger partial charge in [0.1, 0.15) is 5.75 Å². The molecule has 0 spiro atoms. The van der Waals surface area contributed by atoms with Gasteiger partial charge in [-0.2, -0.15) is 0 Å². The van der Waals surface area contributed by atoms with Crippen LogP contribution >= 0.6 is 0 Å². The van der Waals surface area contributed by atoms with Crippen LogP contribution < -0.4 is 5.32 Å². The van der Waals surface area contributed by atoms with Crippen LogP contribution in [0.25, 0.3) is 0 Å². The van der Waals surface area contributed by atoms with Crippen LogP contribution in [0, 0.1) is 0 Å². The van der Waals surface area contributed by atoms with Gasteiger partial charge in [0.25, 0.3) is 0 Å². The largest absolute Gasteiger partial charge is 0.508 e. The fraction of sp³-hybridized carbons (Fsp3) is 0.214. The number of nitrogens with zero attached hydrogens (tertiary/aromatic N) is 1. The Morgan fingerprint density at radius 2 is 2.11 bits per heavy atom. The van der Waals surface area contributed by atoms with E-state index in [9.17, 15) is 10.2 Å². The molecule has 2 rings (SSSR count). The normalized spacial score (nSPS) is 12.3. The highest BCUT2D eigenvalue weighted by Crippen LogP contribution is 2.17. The predicted molar refractivity (Wildman–Crippen MR) is 69.0 cm³/mol. The number of phenolic OH excluding ortho intramolecular Hbond substituents is 1. The van der Waals surface area contributed by atoms with Gasteiger partial charge < -0.3 is 15.5 Å². The van der Waals surface area contributed by atoms with Gasteiger partial charge in [-0.15, -0.1) is 0 Å². The predicted octanol–water partition coefficient (Wildman–Crippen LogP) is 1.61. The minimum atomic E-state index is -0.631. The summed E-state index contributed by atoms with van der Waals surface area (Å²) in [7, 11) is 0. The molecule has 0 amide bonds. The number of pyridine rings is 1. The first-order valence-corrected chi connectivity index (χ1v) is 5.82. The summed E-state index contributed by atoms with van der Waals surface area (Å²) in [4.78, 5) is 4.02. The average Bonchev–Trinajstić information content (AvgIpc) is 2.40. The molecule has 0 radical (unpaired) electrons. The summed E-state index contributed by atoms with van der Waals surface area (Å²) in [5, 5.41) is 22.4. The maximum atomic E-state index is 9.93. The van der Waals surface area contributed by atoms with Crippen molar-refractivity contribution in [2.45, 2.75) is 12.6 Å². The zero-order valence-corrected chi connectivity index (χ0v) is 9.95. The lowest BCUT2D eigenvalue weighted by Crippen LogP contribution is -2.21. The van der Waals surface area contributed by atoms with E-state index in [1.165, 1.54) is 0 Å². The Morgan fingerprint density at radius 3 is 2.83 bits per heavy atom. The second kappa shape index (κ2) is 6.14. The summed E-state index contributed by atoms with van der Waals surface area (Å²) < 4.78 is 0. The topological polar surface area (TPSA) is 65.4 Å². The van der Waals surface area contributed by atoms with Gasteiger partial charge in [-0.3, -0.25) is 4.98 Å². The second-order valence-electron chi connectivity index (χ2n) is 4.10. The highest BCUT2D eigenvalue weighted by atomic mass is 16.3. The second-order valence-corrected chi connectivity index (χ2v) is 4.10. The van der Waals surface area contributed by atoms with E-state index in [0.717, 1.165) is 5.56 Å². The molecule has 94 valence electrons. The van der Waals surface area contributed by atoms with Crippen LogP contribution in [-0.2, 0) is 6.54 Å². The summed E-state index contributed by atoms with van der Waals surface area (Å²) in [6, 6.07) is 10.5. The van der Waals surface area contributed by atoms with E-state index in [0.29, 0.717) is 18.7 Å². The van der Waals surface area contributed by atoms with Gasteiger partial charge in [0, 0.05) is 25.5 Å². The van der Waals surface area contributed by atoms with E-state index in [1.54, 1.807) is 36.7 Å². The van der Waals surface area contributed by atoms with Crippen LogP contribution in [0.5, 0.6) is 5.75 Å². The van der Waals surface area contributed by atoms with Gasteiger partial charge in [0.15, 0.2) is 0 Å². The number of aliphatic hydroxyl groups is 1. The maximum absolute atomic E-state index is 9.93. The number of hydrogen-bond acceptors (Lipinski definition) is 4. The molecule has 1 aromatic carbocycles. The van der Waals surface area contributed by atoms with Crippen LogP contribution in [0.4, 0.5) is 0 Å². The van der Waals surface area contributed by atoms with Crippen molar-refractivity contribution in [3.8, 4) is 5.75 Å². The molecule has 0 aliphatic rings. The van der Waals surface area contributed by atoms with Crippen LogP contribution in [0.1, 0.15) is 17.2 Å². The summed E-state index contributed by atoms with van der Waals surface area (Å²) in [6.07, 6.45) is 2.88. The third-order valence-corrected chi connectivity index (χ3v) is 2.64. The fourth-order valence-electron chi connectivity index (χ4n) is 1.71. The highest BCUT2D eigenvalue weighted by molar-refractivity contribution is 5.28. The molecule has 0 bridgehead atoms. The molecule has 1 atom stereocenters. The molecule has 18 heavy (non-hydrogen) atoms. The van der Waals surface area contributed by atoms with Crippen molar-refractivity contribution < 1.29 is 10.2 Å². The summed E-state index contributed by atoms with van der Waals surface area (Å²) >= 11 is 0. The molecule has 4 nitrogen and oxygen atoms in total. The number of aromatic hydroxyl groups is 1. The standard InChI is InChI=1S/C14H16N2O2/c17-13-5-1-4-12(7-13)14(18)10-16-9-11-3-2-6-15-8-11/h1-8,14,16-18H,9-10H2/t14-/m1/s1. The van der Waals surface area contributed by atoms with E-state index < -0.39 is 6.10 Å². The Labute approximate surface area is 106 Å². The molecule has 0 aliphatic carbocycles. The molecule has 0 aliphatic heterocycles. The lowest BCUT2D eigenvalue weighted by atomic mass is 10.1. The summed E-state index contributed by atoms with van der Waals surface area (Å²) in [5.41, 5.74) is 1.77. The number of aromatic nitrogens is 1. The van der Waals surface area contributed by atoms with Crippen molar-refractivity contribution in [2.75, 3.05) is 6.54 Å². The Kier molecular flexibility index (Phi) is 4.28. The Bertz CT molecular complexity index is 488. The zero-order valence-electron chi connectivity index (χ0n) is 9.95. The first kappa shape index (κ1) is 12.5. The van der Waals surface area contributed by atoms with Gasteiger partial charge >= 0.3 is 0 Å². The third-order valence-electron chi connectivity index (χ3n) is 2.64. The Balaban J connectivity index is 1.83. The molecule has 1 heterocycles. The van der Waals surface area contributed by atoms with E-state index >= 15 is 0 Å². The van der Waals surface area contributed by atoms with E-state index in [4.69, 9.17) is 0 Å². The number of nitrogens with one attached hydrogen (secondary N) is 1. The Morgan fingerprint density at radius 1 is 1.22 bits per heavy atom. The quantitative estimate of drug-likeness (QED) is 0.747. The van der Waals surface area contributed by atoms with E-state index in [1.807, 2.05) is 12.1 Å². The van der Waals surface area contributed by atoms with Gasteiger partial charge in [-0.05, 0) is 29.3 Å². The molecule has 4 heteroatoms. The molecular weight excluding hydrogens is 228 g/mol. The smallest absolute Gasteiger partial charge is 0.115 e. The molecular formula is C14H16N2O2. The molecule has 2 aromatic rings. The van der Waals surface area contributed by atoms with Crippen LogP contribution in [0.15, 0.2) is 48.8 Å². The molecule has 0 unspecified atom stereocenters. The van der Waals surface area contributed by atoms with Gasteiger partial charge in [-0.25, -0.2) is 0 Å². The monoisotopic (exact) mass is 244 g/mol. The van der Waals surface area contributed by atoms with E-state index in [2.05, 4.69) is 10.3 Å². The number of benzene rings is 1. The third kappa shape index (κ3) is 3.55. The van der Waals surface area contributed by atoms with Crippen LogP contribution in [-0.4, -0.2) is 21.7 Å². The number of aliphatic hydroxyl groups excluding tert-OH is 1. The molecule has 1 aromatic heterocycles. The molecule has 0 fully saturated rings. The van der Waals surface area contributed by atoms with Crippen LogP contribution in [0.3, 0.4) is 0 Å². The molecule has 0 saturated heterocycles. The Hall–Kier alpha value is -1.91. The zero-order chi connectivity index (χ0) is 12.8. The van der Waals surface area contributed by atoms with Gasteiger partial charge in [-0.1, -0.05) is 18.2 Å². The number of hydrogen-bond donors (Lipinski definition) is 3. The SMILES string of the molecule is Oc1cccc([C@H](O)CNCc2cccnc2)c1. The maximum Gasteiger partial charge on any atom is 0.115 e.